The average molecular weight is 236 g/mol. The molecule has 0 atom stereocenters. The first-order chi connectivity index (χ1) is 7.99. The van der Waals surface area contributed by atoms with Gasteiger partial charge in [0.05, 0.1) is 14.2 Å². The van der Waals surface area contributed by atoms with E-state index < -0.39 is 5.97 Å². The number of rotatable bonds is 5. The van der Waals surface area contributed by atoms with Crippen molar-refractivity contribution in [3.05, 3.63) is 35.4 Å². The maximum absolute atomic E-state index is 10.7. The van der Waals surface area contributed by atoms with Crippen LogP contribution in [0.15, 0.2) is 24.3 Å². The molecule has 0 saturated heterocycles. The first-order valence-electron chi connectivity index (χ1n) is 5.12. The molecule has 0 unspecified atom stereocenters. The summed E-state index contributed by atoms with van der Waals surface area (Å²) in [6.45, 7) is 5.41. The highest BCUT2D eigenvalue weighted by molar-refractivity contribution is 5.86. The van der Waals surface area contributed by atoms with Gasteiger partial charge in [0.25, 0.3) is 0 Å². The van der Waals surface area contributed by atoms with E-state index in [9.17, 15) is 4.79 Å². The third-order valence-electron chi connectivity index (χ3n) is 2.55. The fourth-order valence-electron chi connectivity index (χ4n) is 1.52. The van der Waals surface area contributed by atoms with Gasteiger partial charge in [-0.25, -0.2) is 4.79 Å². The molecule has 17 heavy (non-hydrogen) atoms. The SMILES string of the molecule is C=C(Cc1cc(OC)c(OC)cc1C)C(=O)O. The molecule has 0 spiro atoms. The third kappa shape index (κ3) is 3.00. The molecule has 0 heterocycles. The summed E-state index contributed by atoms with van der Waals surface area (Å²) in [6.07, 6.45) is 0.293. The zero-order valence-electron chi connectivity index (χ0n) is 10.2. The maximum atomic E-state index is 10.7. The lowest BCUT2D eigenvalue weighted by molar-refractivity contribution is -0.132. The Bertz CT molecular complexity index is 449. The van der Waals surface area contributed by atoms with Crippen molar-refractivity contribution in [2.45, 2.75) is 13.3 Å². The second-order valence-electron chi connectivity index (χ2n) is 3.72. The fourth-order valence-corrected chi connectivity index (χ4v) is 1.52. The number of carboxylic acid groups (broad SMARTS) is 1. The highest BCUT2D eigenvalue weighted by atomic mass is 16.5. The monoisotopic (exact) mass is 236 g/mol. The Morgan fingerprint density at radius 3 is 2.29 bits per heavy atom. The van der Waals surface area contributed by atoms with Crippen LogP contribution in [0.3, 0.4) is 0 Å². The van der Waals surface area contributed by atoms with E-state index in [1.807, 2.05) is 13.0 Å². The number of aliphatic carboxylic acids is 1. The molecule has 0 radical (unpaired) electrons. The predicted molar refractivity (Wildman–Crippen MR) is 64.8 cm³/mol. The van der Waals surface area contributed by atoms with Crippen LogP contribution < -0.4 is 9.47 Å². The van der Waals surface area contributed by atoms with E-state index in [1.54, 1.807) is 20.3 Å². The Hall–Kier alpha value is -1.97. The highest BCUT2D eigenvalue weighted by Crippen LogP contribution is 2.31. The largest absolute Gasteiger partial charge is 0.493 e. The molecule has 0 aromatic heterocycles. The van der Waals surface area contributed by atoms with Crippen LogP contribution >= 0.6 is 0 Å². The Balaban J connectivity index is 3.08. The number of hydrogen-bond donors (Lipinski definition) is 1. The van der Waals surface area contributed by atoms with Crippen molar-refractivity contribution in [1.29, 1.82) is 0 Å². The first-order valence-corrected chi connectivity index (χ1v) is 5.12. The maximum Gasteiger partial charge on any atom is 0.331 e. The number of hydrogen-bond acceptors (Lipinski definition) is 3. The fraction of sp³-hybridized carbons (Fsp3) is 0.308. The molecule has 4 nitrogen and oxygen atoms in total. The molecule has 0 saturated carbocycles. The molecule has 1 aromatic carbocycles. The van der Waals surface area contributed by atoms with Gasteiger partial charge in [-0.2, -0.15) is 0 Å². The summed E-state index contributed by atoms with van der Waals surface area (Å²) in [6, 6.07) is 3.60. The van der Waals surface area contributed by atoms with Crippen molar-refractivity contribution in [3.63, 3.8) is 0 Å². The normalized spacial score (nSPS) is 9.82. The summed E-state index contributed by atoms with van der Waals surface area (Å²) in [5, 5.41) is 8.81. The van der Waals surface area contributed by atoms with Gasteiger partial charge in [-0.15, -0.1) is 0 Å². The van der Waals surface area contributed by atoms with Crippen molar-refractivity contribution < 1.29 is 19.4 Å². The van der Waals surface area contributed by atoms with Crippen molar-refractivity contribution in [2.24, 2.45) is 0 Å². The molecule has 0 amide bonds. The molecule has 1 N–H and O–H groups in total. The quantitative estimate of drug-likeness (QED) is 0.796. The molecule has 4 heteroatoms. The lowest BCUT2D eigenvalue weighted by atomic mass is 10.0. The standard InChI is InChI=1S/C13H16O4/c1-8-6-11(16-3)12(17-4)7-10(8)5-9(2)13(14)15/h6-7H,2,5H2,1,3-4H3,(H,14,15). The van der Waals surface area contributed by atoms with Gasteiger partial charge in [0.15, 0.2) is 11.5 Å². The van der Waals surface area contributed by atoms with Gasteiger partial charge in [0, 0.05) is 12.0 Å². The Labute approximate surface area is 100 Å². The van der Waals surface area contributed by atoms with Crippen LogP contribution in [-0.4, -0.2) is 25.3 Å². The van der Waals surface area contributed by atoms with E-state index in [-0.39, 0.29) is 5.57 Å². The van der Waals surface area contributed by atoms with E-state index in [0.29, 0.717) is 17.9 Å². The molecule has 92 valence electrons. The minimum Gasteiger partial charge on any atom is -0.493 e. The minimum atomic E-state index is -0.987. The van der Waals surface area contributed by atoms with Gasteiger partial charge >= 0.3 is 5.97 Å². The Morgan fingerprint density at radius 2 is 1.82 bits per heavy atom. The van der Waals surface area contributed by atoms with Gasteiger partial charge in [0.1, 0.15) is 0 Å². The molecular weight excluding hydrogens is 220 g/mol. The average Bonchev–Trinajstić information content (AvgIpc) is 2.30. The lowest BCUT2D eigenvalue weighted by Gasteiger charge is -2.12. The number of methoxy groups -OCH3 is 2. The predicted octanol–water partition coefficient (Wildman–Crippen LogP) is 2.20. The van der Waals surface area contributed by atoms with E-state index in [4.69, 9.17) is 14.6 Å². The van der Waals surface area contributed by atoms with Crippen molar-refractivity contribution in [3.8, 4) is 11.5 Å². The number of carboxylic acids is 1. The third-order valence-corrected chi connectivity index (χ3v) is 2.55. The molecule has 0 aliphatic heterocycles. The van der Waals surface area contributed by atoms with Crippen LogP contribution in [0.1, 0.15) is 11.1 Å². The number of aryl methyl sites for hydroxylation is 1. The summed E-state index contributed by atoms with van der Waals surface area (Å²) < 4.78 is 10.3. The molecule has 0 fully saturated rings. The van der Waals surface area contributed by atoms with Gasteiger partial charge in [-0.05, 0) is 30.2 Å². The van der Waals surface area contributed by atoms with Gasteiger partial charge in [-0.3, -0.25) is 0 Å². The lowest BCUT2D eigenvalue weighted by Crippen LogP contribution is -2.04. The van der Waals surface area contributed by atoms with Crippen molar-refractivity contribution >= 4 is 5.97 Å². The summed E-state index contributed by atoms with van der Waals surface area (Å²) in [5.74, 6) is 0.236. The van der Waals surface area contributed by atoms with E-state index in [1.165, 1.54) is 0 Å². The van der Waals surface area contributed by atoms with Crippen LogP contribution in [-0.2, 0) is 11.2 Å². The molecular formula is C13H16O4. The minimum absolute atomic E-state index is 0.153. The highest BCUT2D eigenvalue weighted by Gasteiger charge is 2.12. The second kappa shape index (κ2) is 5.39. The summed E-state index contributed by atoms with van der Waals surface area (Å²) >= 11 is 0. The molecule has 0 bridgehead atoms. The number of carbonyl (C=O) groups is 1. The van der Waals surface area contributed by atoms with E-state index in [0.717, 1.165) is 11.1 Å². The van der Waals surface area contributed by atoms with Crippen LogP contribution in [0.4, 0.5) is 0 Å². The molecule has 1 aromatic rings. The van der Waals surface area contributed by atoms with Crippen LogP contribution in [0.2, 0.25) is 0 Å². The van der Waals surface area contributed by atoms with E-state index >= 15 is 0 Å². The summed E-state index contributed by atoms with van der Waals surface area (Å²) in [4.78, 5) is 10.7. The van der Waals surface area contributed by atoms with Gasteiger partial charge < -0.3 is 14.6 Å². The van der Waals surface area contributed by atoms with Crippen molar-refractivity contribution in [2.75, 3.05) is 14.2 Å². The molecule has 1 rings (SSSR count). The van der Waals surface area contributed by atoms with Crippen LogP contribution in [0, 0.1) is 6.92 Å². The van der Waals surface area contributed by atoms with E-state index in [2.05, 4.69) is 6.58 Å². The molecule has 0 aliphatic rings. The topological polar surface area (TPSA) is 55.8 Å². The molecule has 0 aliphatic carbocycles. The second-order valence-corrected chi connectivity index (χ2v) is 3.72. The Kier molecular flexibility index (Phi) is 4.15. The zero-order valence-corrected chi connectivity index (χ0v) is 10.2. The number of ether oxygens (including phenoxy) is 2. The zero-order chi connectivity index (χ0) is 13.0. The summed E-state index contributed by atoms with van der Waals surface area (Å²) in [5.41, 5.74) is 1.97. The smallest absolute Gasteiger partial charge is 0.331 e. The van der Waals surface area contributed by atoms with Crippen LogP contribution in [0.25, 0.3) is 0 Å². The van der Waals surface area contributed by atoms with Crippen molar-refractivity contribution in [1.82, 2.24) is 0 Å². The first kappa shape index (κ1) is 13.1. The van der Waals surface area contributed by atoms with Gasteiger partial charge in [0.2, 0.25) is 0 Å². The Morgan fingerprint density at radius 1 is 1.29 bits per heavy atom. The van der Waals surface area contributed by atoms with Crippen LogP contribution in [0.5, 0.6) is 11.5 Å². The number of benzene rings is 1. The summed E-state index contributed by atoms with van der Waals surface area (Å²) in [7, 11) is 3.11. The van der Waals surface area contributed by atoms with Gasteiger partial charge in [-0.1, -0.05) is 6.58 Å².